The molecular weight excluding hydrogens is 180 g/mol. The van der Waals surface area contributed by atoms with Gasteiger partial charge >= 0.3 is 0 Å². The number of hydrogen-bond acceptors (Lipinski definition) is 3. The molecule has 3 heteroatoms. The van der Waals surface area contributed by atoms with E-state index in [1.165, 1.54) is 56.9 Å². The molecule has 0 amide bonds. The maximum atomic E-state index is 3.65. The Bertz CT molecular complexity index is 138. The lowest BCUT2D eigenvalue weighted by atomic mass is 10.3. The van der Waals surface area contributed by atoms with Crippen LogP contribution < -0.4 is 5.32 Å². The minimum absolute atomic E-state index is 0.755. The average molecular weight is 200 g/mol. The van der Waals surface area contributed by atoms with Gasteiger partial charge in [0.15, 0.2) is 0 Å². The number of likely N-dealkylation sites (tertiary alicyclic amines) is 1. The van der Waals surface area contributed by atoms with Crippen LogP contribution in [0.2, 0.25) is 0 Å². The Labute approximate surface area is 85.4 Å². The van der Waals surface area contributed by atoms with E-state index in [1.807, 2.05) is 0 Å². The van der Waals surface area contributed by atoms with Crippen LogP contribution in [-0.4, -0.2) is 48.6 Å². The Balaban J connectivity index is 1.71. The van der Waals surface area contributed by atoms with Crippen molar-refractivity contribution >= 4 is 11.8 Å². The van der Waals surface area contributed by atoms with E-state index in [0.29, 0.717) is 0 Å². The van der Waals surface area contributed by atoms with Crippen molar-refractivity contribution in [2.45, 2.75) is 25.3 Å². The molecule has 2 aliphatic rings. The highest BCUT2D eigenvalue weighted by molar-refractivity contribution is 7.99. The van der Waals surface area contributed by atoms with Crippen molar-refractivity contribution in [2.24, 2.45) is 0 Å². The summed E-state index contributed by atoms with van der Waals surface area (Å²) in [5.41, 5.74) is 0. The van der Waals surface area contributed by atoms with Crippen molar-refractivity contribution in [3.05, 3.63) is 0 Å². The summed E-state index contributed by atoms with van der Waals surface area (Å²) in [6, 6.07) is 0.755. The predicted molar refractivity (Wildman–Crippen MR) is 59.4 cm³/mol. The Morgan fingerprint density at radius 2 is 2.08 bits per heavy atom. The maximum absolute atomic E-state index is 3.65. The van der Waals surface area contributed by atoms with E-state index < -0.39 is 0 Å². The molecule has 0 saturated carbocycles. The van der Waals surface area contributed by atoms with Gasteiger partial charge < -0.3 is 10.2 Å². The smallest absolute Gasteiger partial charge is 0.0285 e. The normalized spacial score (nSPS) is 31.8. The standard InChI is InChI=1S/C10H20N2S/c1-2-6-12(5-1)8-10-9-13-7-3-4-11-10/h10-11H,1-9H2/t10-/m0/s1. The lowest BCUT2D eigenvalue weighted by molar-refractivity contribution is 0.302. The summed E-state index contributed by atoms with van der Waals surface area (Å²) in [4.78, 5) is 2.61. The van der Waals surface area contributed by atoms with Gasteiger partial charge in [0, 0.05) is 18.3 Å². The highest BCUT2D eigenvalue weighted by Gasteiger charge is 2.18. The van der Waals surface area contributed by atoms with E-state index in [9.17, 15) is 0 Å². The quantitative estimate of drug-likeness (QED) is 0.720. The number of nitrogens with zero attached hydrogens (tertiary/aromatic N) is 1. The van der Waals surface area contributed by atoms with Crippen molar-refractivity contribution in [3.8, 4) is 0 Å². The number of rotatable bonds is 2. The molecule has 0 aromatic rings. The molecular formula is C10H20N2S. The molecule has 0 aromatic heterocycles. The molecule has 1 atom stereocenters. The zero-order chi connectivity index (χ0) is 8.93. The molecule has 2 nitrogen and oxygen atoms in total. The Kier molecular flexibility index (Phi) is 3.94. The number of thioether (sulfide) groups is 1. The molecule has 2 rings (SSSR count). The zero-order valence-electron chi connectivity index (χ0n) is 8.30. The molecule has 0 aromatic carbocycles. The first kappa shape index (κ1) is 9.81. The van der Waals surface area contributed by atoms with Crippen molar-refractivity contribution in [2.75, 3.05) is 37.7 Å². The van der Waals surface area contributed by atoms with Gasteiger partial charge in [-0.3, -0.25) is 0 Å². The minimum atomic E-state index is 0.755. The lowest BCUT2D eigenvalue weighted by Crippen LogP contribution is -2.41. The molecule has 13 heavy (non-hydrogen) atoms. The van der Waals surface area contributed by atoms with Crippen LogP contribution in [0.4, 0.5) is 0 Å². The Hall–Kier alpha value is 0.270. The van der Waals surface area contributed by atoms with E-state index in [4.69, 9.17) is 0 Å². The van der Waals surface area contributed by atoms with E-state index in [-0.39, 0.29) is 0 Å². The molecule has 0 radical (unpaired) electrons. The van der Waals surface area contributed by atoms with Gasteiger partial charge in [-0.1, -0.05) is 0 Å². The van der Waals surface area contributed by atoms with Gasteiger partial charge in [-0.2, -0.15) is 11.8 Å². The summed E-state index contributed by atoms with van der Waals surface area (Å²) >= 11 is 2.12. The monoisotopic (exact) mass is 200 g/mol. The third kappa shape index (κ3) is 3.15. The molecule has 2 aliphatic heterocycles. The third-order valence-corrected chi connectivity index (χ3v) is 4.11. The van der Waals surface area contributed by atoms with Crippen LogP contribution in [0.3, 0.4) is 0 Å². The van der Waals surface area contributed by atoms with Crippen LogP contribution in [0, 0.1) is 0 Å². The first-order chi connectivity index (χ1) is 6.45. The van der Waals surface area contributed by atoms with Gasteiger partial charge in [0.1, 0.15) is 0 Å². The lowest BCUT2D eigenvalue weighted by Gasteiger charge is -2.22. The number of nitrogens with one attached hydrogen (secondary N) is 1. The fourth-order valence-electron chi connectivity index (χ4n) is 2.16. The van der Waals surface area contributed by atoms with E-state index >= 15 is 0 Å². The van der Waals surface area contributed by atoms with Gasteiger partial charge in [0.05, 0.1) is 0 Å². The van der Waals surface area contributed by atoms with Crippen molar-refractivity contribution in [3.63, 3.8) is 0 Å². The van der Waals surface area contributed by atoms with Crippen LogP contribution in [0.25, 0.3) is 0 Å². The highest BCUT2D eigenvalue weighted by atomic mass is 32.2. The first-order valence-corrected chi connectivity index (χ1v) is 6.64. The molecule has 0 aliphatic carbocycles. The molecule has 76 valence electrons. The molecule has 2 fully saturated rings. The summed E-state index contributed by atoms with van der Waals surface area (Å²) in [5, 5.41) is 3.65. The van der Waals surface area contributed by atoms with E-state index in [2.05, 4.69) is 22.0 Å². The second-order valence-corrected chi connectivity index (χ2v) is 5.24. The zero-order valence-corrected chi connectivity index (χ0v) is 9.11. The Morgan fingerprint density at radius 3 is 2.92 bits per heavy atom. The predicted octanol–water partition coefficient (Wildman–Crippen LogP) is 1.18. The van der Waals surface area contributed by atoms with E-state index in [1.54, 1.807) is 0 Å². The molecule has 1 N–H and O–H groups in total. The SMILES string of the molecule is C1CN[C@@H](CN2CCCC2)CSC1. The fourth-order valence-corrected chi connectivity index (χ4v) is 3.18. The van der Waals surface area contributed by atoms with Gasteiger partial charge in [-0.25, -0.2) is 0 Å². The molecule has 0 spiro atoms. The molecule has 2 heterocycles. The summed E-state index contributed by atoms with van der Waals surface area (Å²) in [5.74, 6) is 2.67. The largest absolute Gasteiger partial charge is 0.312 e. The van der Waals surface area contributed by atoms with Crippen LogP contribution in [-0.2, 0) is 0 Å². The van der Waals surface area contributed by atoms with Crippen molar-refractivity contribution in [1.82, 2.24) is 10.2 Å². The molecule has 0 bridgehead atoms. The first-order valence-electron chi connectivity index (χ1n) is 5.48. The highest BCUT2D eigenvalue weighted by Crippen LogP contribution is 2.13. The summed E-state index contributed by atoms with van der Waals surface area (Å²) in [7, 11) is 0. The maximum Gasteiger partial charge on any atom is 0.0285 e. The van der Waals surface area contributed by atoms with Crippen LogP contribution in [0.15, 0.2) is 0 Å². The van der Waals surface area contributed by atoms with Crippen molar-refractivity contribution < 1.29 is 0 Å². The van der Waals surface area contributed by atoms with Crippen LogP contribution in [0.5, 0.6) is 0 Å². The average Bonchev–Trinajstić information content (AvgIpc) is 2.49. The minimum Gasteiger partial charge on any atom is -0.312 e. The molecule has 0 unspecified atom stereocenters. The van der Waals surface area contributed by atoms with Crippen molar-refractivity contribution in [1.29, 1.82) is 0 Å². The summed E-state index contributed by atoms with van der Waals surface area (Å²) in [6.07, 6.45) is 4.18. The topological polar surface area (TPSA) is 15.3 Å². The summed E-state index contributed by atoms with van der Waals surface area (Å²) in [6.45, 7) is 5.18. The van der Waals surface area contributed by atoms with Gasteiger partial charge in [-0.15, -0.1) is 0 Å². The second kappa shape index (κ2) is 5.23. The third-order valence-electron chi connectivity index (χ3n) is 2.89. The second-order valence-electron chi connectivity index (χ2n) is 4.09. The van der Waals surface area contributed by atoms with Crippen LogP contribution in [0.1, 0.15) is 19.3 Å². The van der Waals surface area contributed by atoms with Crippen LogP contribution >= 0.6 is 11.8 Å². The van der Waals surface area contributed by atoms with E-state index in [0.717, 1.165) is 6.04 Å². The number of hydrogen-bond donors (Lipinski definition) is 1. The summed E-state index contributed by atoms with van der Waals surface area (Å²) < 4.78 is 0. The van der Waals surface area contributed by atoms with Gasteiger partial charge in [0.25, 0.3) is 0 Å². The van der Waals surface area contributed by atoms with Gasteiger partial charge in [-0.05, 0) is 44.6 Å². The Morgan fingerprint density at radius 1 is 1.23 bits per heavy atom. The molecule has 2 saturated heterocycles. The fraction of sp³-hybridized carbons (Fsp3) is 1.00. The van der Waals surface area contributed by atoms with Gasteiger partial charge in [0.2, 0.25) is 0 Å².